The maximum atomic E-state index is 13.4. The van der Waals surface area contributed by atoms with E-state index < -0.39 is 0 Å². The van der Waals surface area contributed by atoms with Gasteiger partial charge in [0.05, 0.1) is 26.0 Å². The first-order valence-corrected chi connectivity index (χ1v) is 10.9. The maximum Gasteiger partial charge on any atom is 0.254 e. The average Bonchev–Trinajstić information content (AvgIpc) is 3.50. The lowest BCUT2D eigenvalue weighted by Crippen LogP contribution is -2.47. The van der Waals surface area contributed by atoms with Crippen LogP contribution in [0.5, 0.6) is 5.75 Å². The number of rotatable bonds is 10. The van der Waals surface area contributed by atoms with Gasteiger partial charge >= 0.3 is 0 Å². The number of ether oxygens (including phenoxy) is 2. The first-order valence-electron chi connectivity index (χ1n) is 10.9. The second-order valence-corrected chi connectivity index (χ2v) is 7.91. The summed E-state index contributed by atoms with van der Waals surface area (Å²) in [5.74, 6) is 1.01. The summed E-state index contributed by atoms with van der Waals surface area (Å²) in [5.41, 5.74) is 0.504. The van der Waals surface area contributed by atoms with Crippen LogP contribution in [-0.4, -0.2) is 60.6 Å². The van der Waals surface area contributed by atoms with Crippen molar-refractivity contribution in [2.45, 2.75) is 51.8 Å². The zero-order valence-electron chi connectivity index (χ0n) is 18.6. The molecule has 2 atom stereocenters. The molecular weight excluding hydrogens is 396 g/mol. The molecular formula is C24H32N2O5. The Hall–Kier alpha value is -2.80. The van der Waals surface area contributed by atoms with Gasteiger partial charge in [0.25, 0.3) is 5.91 Å². The van der Waals surface area contributed by atoms with Crippen molar-refractivity contribution in [2.75, 3.05) is 26.8 Å². The number of carbonyl (C=O) groups is 2. The van der Waals surface area contributed by atoms with E-state index in [9.17, 15) is 9.59 Å². The molecule has 2 aromatic rings. The van der Waals surface area contributed by atoms with Gasteiger partial charge in [-0.25, -0.2) is 0 Å². The van der Waals surface area contributed by atoms with Crippen LogP contribution in [-0.2, 0) is 16.1 Å². The van der Waals surface area contributed by atoms with E-state index in [1.54, 1.807) is 47.4 Å². The third-order valence-electron chi connectivity index (χ3n) is 5.73. The molecule has 3 rings (SSSR count). The summed E-state index contributed by atoms with van der Waals surface area (Å²) in [7, 11) is 1.57. The lowest BCUT2D eigenvalue weighted by atomic mass is 10.1. The largest absolute Gasteiger partial charge is 0.497 e. The van der Waals surface area contributed by atoms with Crippen LogP contribution < -0.4 is 4.74 Å². The van der Waals surface area contributed by atoms with Gasteiger partial charge in [0.15, 0.2) is 0 Å². The fourth-order valence-corrected chi connectivity index (χ4v) is 3.70. The summed E-state index contributed by atoms with van der Waals surface area (Å²) in [4.78, 5) is 30.0. The molecule has 2 heterocycles. The van der Waals surface area contributed by atoms with Gasteiger partial charge in [0.2, 0.25) is 5.91 Å². The Bertz CT molecular complexity index is 845. The average molecular weight is 429 g/mol. The number of hydrogen-bond acceptors (Lipinski definition) is 5. The molecule has 168 valence electrons. The predicted molar refractivity (Wildman–Crippen MR) is 117 cm³/mol. The molecule has 0 spiro atoms. The first kappa shape index (κ1) is 22.9. The molecule has 0 bridgehead atoms. The molecule has 7 nitrogen and oxygen atoms in total. The third kappa shape index (κ3) is 6.10. The van der Waals surface area contributed by atoms with E-state index in [0.717, 1.165) is 25.9 Å². The molecule has 0 radical (unpaired) electrons. The van der Waals surface area contributed by atoms with Gasteiger partial charge in [-0.05, 0) is 56.5 Å². The highest BCUT2D eigenvalue weighted by atomic mass is 16.5. The van der Waals surface area contributed by atoms with Crippen LogP contribution in [0.3, 0.4) is 0 Å². The highest BCUT2D eigenvalue weighted by Gasteiger charge is 2.28. The van der Waals surface area contributed by atoms with Gasteiger partial charge in [-0.2, -0.15) is 0 Å². The van der Waals surface area contributed by atoms with E-state index in [2.05, 4.69) is 0 Å². The van der Waals surface area contributed by atoms with Crippen molar-refractivity contribution in [3.05, 3.63) is 54.0 Å². The van der Waals surface area contributed by atoms with Crippen LogP contribution >= 0.6 is 0 Å². The number of nitrogens with zero attached hydrogens (tertiary/aromatic N) is 2. The third-order valence-corrected chi connectivity index (χ3v) is 5.73. The number of benzene rings is 1. The molecule has 31 heavy (non-hydrogen) atoms. The fourth-order valence-electron chi connectivity index (χ4n) is 3.70. The lowest BCUT2D eigenvalue weighted by Gasteiger charge is -2.32. The highest BCUT2D eigenvalue weighted by Crippen LogP contribution is 2.19. The molecule has 2 amide bonds. The summed E-state index contributed by atoms with van der Waals surface area (Å²) in [6, 6.07) is 10.6. The summed E-state index contributed by atoms with van der Waals surface area (Å²) < 4.78 is 16.5. The van der Waals surface area contributed by atoms with Gasteiger partial charge in [0, 0.05) is 24.8 Å². The molecule has 1 fully saturated rings. The second kappa shape index (κ2) is 11.0. The van der Waals surface area contributed by atoms with Crippen molar-refractivity contribution >= 4 is 11.8 Å². The summed E-state index contributed by atoms with van der Waals surface area (Å²) in [5, 5.41) is 0. The molecule has 1 aliphatic heterocycles. The zero-order chi connectivity index (χ0) is 22.2. The van der Waals surface area contributed by atoms with Crippen LogP contribution in [0, 0.1) is 0 Å². The molecule has 1 aromatic heterocycles. The van der Waals surface area contributed by atoms with Crippen LogP contribution in [0.4, 0.5) is 0 Å². The van der Waals surface area contributed by atoms with Gasteiger partial charge < -0.3 is 23.7 Å². The Morgan fingerprint density at radius 2 is 2.10 bits per heavy atom. The SMILES string of the molecule is CC[C@H](C)N(CC(=O)N(Cc1ccco1)C[C@@H]1CCCO1)C(=O)c1cccc(OC)c1. The topological polar surface area (TPSA) is 72.2 Å². The van der Waals surface area contributed by atoms with Gasteiger partial charge in [-0.15, -0.1) is 0 Å². The molecule has 1 aromatic carbocycles. The Labute approximate surface area is 183 Å². The van der Waals surface area contributed by atoms with E-state index >= 15 is 0 Å². The monoisotopic (exact) mass is 428 g/mol. The van der Waals surface area contributed by atoms with Crippen molar-refractivity contribution in [1.29, 1.82) is 0 Å². The van der Waals surface area contributed by atoms with Crippen molar-refractivity contribution in [3.8, 4) is 5.75 Å². The van der Waals surface area contributed by atoms with Crippen molar-refractivity contribution < 1.29 is 23.5 Å². The number of amides is 2. The minimum atomic E-state index is -0.184. The molecule has 0 unspecified atom stereocenters. The molecule has 1 aliphatic rings. The van der Waals surface area contributed by atoms with E-state index in [0.29, 0.717) is 30.2 Å². The molecule has 0 saturated carbocycles. The number of carbonyl (C=O) groups excluding carboxylic acids is 2. The molecule has 0 aliphatic carbocycles. The highest BCUT2D eigenvalue weighted by molar-refractivity contribution is 5.97. The van der Waals surface area contributed by atoms with Crippen LogP contribution in [0.25, 0.3) is 0 Å². The van der Waals surface area contributed by atoms with Crippen molar-refractivity contribution in [3.63, 3.8) is 0 Å². The Morgan fingerprint density at radius 3 is 2.74 bits per heavy atom. The van der Waals surface area contributed by atoms with E-state index in [4.69, 9.17) is 13.9 Å². The molecule has 7 heteroatoms. The Kier molecular flexibility index (Phi) is 8.12. The zero-order valence-corrected chi connectivity index (χ0v) is 18.6. The predicted octanol–water partition coefficient (Wildman–Crippen LogP) is 3.74. The smallest absolute Gasteiger partial charge is 0.254 e. The number of furan rings is 1. The van der Waals surface area contributed by atoms with Crippen LogP contribution in [0.15, 0.2) is 47.1 Å². The quantitative estimate of drug-likeness (QED) is 0.577. The van der Waals surface area contributed by atoms with Crippen molar-refractivity contribution in [2.24, 2.45) is 0 Å². The summed E-state index contributed by atoms with van der Waals surface area (Å²) >= 11 is 0. The maximum absolute atomic E-state index is 13.4. The van der Waals surface area contributed by atoms with Gasteiger partial charge in [0.1, 0.15) is 18.1 Å². The fraction of sp³-hybridized carbons (Fsp3) is 0.500. The summed E-state index contributed by atoms with van der Waals surface area (Å²) in [6.07, 6.45) is 4.29. The minimum absolute atomic E-state index is 0.00151. The van der Waals surface area contributed by atoms with Gasteiger partial charge in [-0.3, -0.25) is 9.59 Å². The van der Waals surface area contributed by atoms with E-state index in [1.807, 2.05) is 26.0 Å². The Balaban J connectivity index is 1.77. The van der Waals surface area contributed by atoms with E-state index in [-0.39, 0.29) is 30.5 Å². The van der Waals surface area contributed by atoms with Gasteiger partial charge in [-0.1, -0.05) is 13.0 Å². The number of methoxy groups -OCH3 is 1. The minimum Gasteiger partial charge on any atom is -0.497 e. The lowest BCUT2D eigenvalue weighted by molar-refractivity contribution is -0.134. The van der Waals surface area contributed by atoms with Crippen molar-refractivity contribution in [1.82, 2.24) is 9.80 Å². The Morgan fingerprint density at radius 1 is 1.26 bits per heavy atom. The first-order chi connectivity index (χ1) is 15.0. The van der Waals surface area contributed by atoms with Crippen LogP contribution in [0.2, 0.25) is 0 Å². The molecule has 1 saturated heterocycles. The van der Waals surface area contributed by atoms with E-state index in [1.165, 1.54) is 0 Å². The second-order valence-electron chi connectivity index (χ2n) is 7.91. The number of hydrogen-bond donors (Lipinski definition) is 0. The summed E-state index contributed by atoms with van der Waals surface area (Å²) in [6.45, 7) is 5.53. The normalized spacial score (nSPS) is 16.7. The standard InChI is InChI=1S/C24H32N2O5/c1-4-18(2)26(24(28)19-8-5-9-20(14-19)29-3)17-23(27)25(15-21-10-6-12-30-21)16-22-11-7-13-31-22/h5-6,8-10,12,14,18,22H,4,7,11,13,15-17H2,1-3H3/t18-,22-/m0/s1. The van der Waals surface area contributed by atoms with Crippen LogP contribution in [0.1, 0.15) is 49.2 Å². The molecule has 0 N–H and O–H groups in total.